The molecule has 0 aliphatic rings. The van der Waals surface area contributed by atoms with Gasteiger partial charge in [0.15, 0.2) is 12.6 Å². The van der Waals surface area contributed by atoms with Crippen molar-refractivity contribution in [3.63, 3.8) is 0 Å². The molecule has 4 nitrogen and oxygen atoms in total. The topological polar surface area (TPSA) is 81.7 Å². The second-order valence-corrected chi connectivity index (χ2v) is 2.49. The first-order valence-electron chi connectivity index (χ1n) is 3.65. The Hall–Kier alpha value is -2.46. The van der Waals surface area contributed by atoms with E-state index in [1.807, 2.05) is 0 Å². The molecule has 66 valence electrons. The van der Waals surface area contributed by atoms with Crippen molar-refractivity contribution < 1.29 is 9.59 Å². The lowest BCUT2D eigenvalue weighted by Crippen LogP contribution is -1.95. The molecule has 0 aliphatic heterocycles. The monoisotopic (exact) mass is 184 g/mol. The highest BCUT2D eigenvalue weighted by Crippen LogP contribution is 2.13. The normalized spacial score (nSPS) is 8.43. The van der Waals surface area contributed by atoms with Gasteiger partial charge in [0.2, 0.25) is 0 Å². The number of hydrogen-bond acceptors (Lipinski definition) is 4. The van der Waals surface area contributed by atoms with Crippen LogP contribution in [0.25, 0.3) is 0 Å². The molecule has 1 rings (SSSR count). The van der Waals surface area contributed by atoms with Gasteiger partial charge in [0.1, 0.15) is 0 Å². The third-order valence-electron chi connectivity index (χ3n) is 1.72. The van der Waals surface area contributed by atoms with E-state index in [-0.39, 0.29) is 22.3 Å². The Morgan fingerprint density at radius 1 is 0.929 bits per heavy atom. The van der Waals surface area contributed by atoms with Crippen LogP contribution in [0.15, 0.2) is 12.1 Å². The van der Waals surface area contributed by atoms with Crippen molar-refractivity contribution in [1.29, 1.82) is 10.5 Å². The molecule has 4 heteroatoms. The highest BCUT2D eigenvalue weighted by Gasteiger charge is 2.08. The van der Waals surface area contributed by atoms with E-state index in [1.165, 1.54) is 12.1 Å². The van der Waals surface area contributed by atoms with Crippen LogP contribution in [0.3, 0.4) is 0 Å². The summed E-state index contributed by atoms with van der Waals surface area (Å²) in [4.78, 5) is 21.0. The van der Waals surface area contributed by atoms with Crippen LogP contribution in [0.1, 0.15) is 31.8 Å². The number of carbonyl (C=O) groups is 2. The van der Waals surface area contributed by atoms with E-state index in [2.05, 4.69) is 0 Å². The zero-order valence-corrected chi connectivity index (χ0v) is 7.02. The van der Waals surface area contributed by atoms with E-state index in [4.69, 9.17) is 10.5 Å². The molecule has 1 aromatic rings. The predicted molar refractivity (Wildman–Crippen MR) is 46.6 cm³/mol. The smallest absolute Gasteiger partial charge is 0.151 e. The Morgan fingerprint density at radius 3 is 1.50 bits per heavy atom. The minimum absolute atomic E-state index is 0.0982. The molecule has 1 aromatic carbocycles. The number of benzene rings is 1. The van der Waals surface area contributed by atoms with Crippen molar-refractivity contribution in [3.05, 3.63) is 34.4 Å². The lowest BCUT2D eigenvalue weighted by molar-refractivity contribution is 0.111. The Kier molecular flexibility index (Phi) is 2.73. The summed E-state index contributed by atoms with van der Waals surface area (Å²) in [5.41, 5.74) is 0.437. The van der Waals surface area contributed by atoms with E-state index in [9.17, 15) is 9.59 Å². The van der Waals surface area contributed by atoms with Gasteiger partial charge in [-0.05, 0) is 12.1 Å². The first kappa shape index (κ1) is 9.63. The van der Waals surface area contributed by atoms with Crippen LogP contribution in [0, 0.1) is 22.7 Å². The number of rotatable bonds is 2. The highest BCUT2D eigenvalue weighted by atomic mass is 16.1. The van der Waals surface area contributed by atoms with E-state index < -0.39 is 0 Å². The van der Waals surface area contributed by atoms with Crippen molar-refractivity contribution in [2.24, 2.45) is 0 Å². The fourth-order valence-electron chi connectivity index (χ4n) is 1.02. The summed E-state index contributed by atoms with van der Waals surface area (Å²) in [5.74, 6) is 0. The molecule has 0 radical (unpaired) electrons. The van der Waals surface area contributed by atoms with Gasteiger partial charge in [-0.3, -0.25) is 9.59 Å². The van der Waals surface area contributed by atoms with Crippen LogP contribution in [-0.2, 0) is 0 Å². The zero-order chi connectivity index (χ0) is 10.6. The van der Waals surface area contributed by atoms with Gasteiger partial charge in [-0.2, -0.15) is 10.5 Å². The second kappa shape index (κ2) is 3.97. The molecule has 0 saturated carbocycles. The molecule has 0 atom stereocenters. The van der Waals surface area contributed by atoms with Gasteiger partial charge in [0.25, 0.3) is 0 Å². The molecule has 0 heterocycles. The van der Waals surface area contributed by atoms with Gasteiger partial charge in [0, 0.05) is 11.1 Å². The SMILES string of the molecule is N#Cc1cc(C=O)c(C#N)cc1C=O. The van der Waals surface area contributed by atoms with Crippen LogP contribution in [0.4, 0.5) is 0 Å². The van der Waals surface area contributed by atoms with E-state index in [0.29, 0.717) is 12.6 Å². The molecule has 0 saturated heterocycles. The number of carbonyl (C=O) groups excluding carboxylic acids is 2. The third-order valence-corrected chi connectivity index (χ3v) is 1.72. The summed E-state index contributed by atoms with van der Waals surface area (Å²) >= 11 is 0. The van der Waals surface area contributed by atoms with E-state index >= 15 is 0 Å². The van der Waals surface area contributed by atoms with Crippen molar-refractivity contribution in [2.45, 2.75) is 0 Å². The molecular weight excluding hydrogens is 180 g/mol. The maximum atomic E-state index is 10.5. The average Bonchev–Trinajstić information content (AvgIpc) is 2.26. The first-order valence-corrected chi connectivity index (χ1v) is 3.65. The van der Waals surface area contributed by atoms with Gasteiger partial charge < -0.3 is 0 Å². The summed E-state index contributed by atoms with van der Waals surface area (Å²) < 4.78 is 0. The minimum Gasteiger partial charge on any atom is -0.298 e. The summed E-state index contributed by atoms with van der Waals surface area (Å²) in [6, 6.07) is 6.01. The Balaban J connectivity index is 3.54. The van der Waals surface area contributed by atoms with Crippen LogP contribution < -0.4 is 0 Å². The third kappa shape index (κ3) is 1.50. The molecule has 0 spiro atoms. The summed E-state index contributed by atoms with van der Waals surface area (Å²) in [5, 5.41) is 17.3. The summed E-state index contributed by atoms with van der Waals surface area (Å²) in [7, 11) is 0. The Labute approximate surface area is 80.0 Å². The van der Waals surface area contributed by atoms with Crippen molar-refractivity contribution >= 4 is 12.6 Å². The first-order chi connectivity index (χ1) is 6.76. The lowest BCUT2D eigenvalue weighted by atomic mass is 10.0. The zero-order valence-electron chi connectivity index (χ0n) is 7.02. The maximum absolute atomic E-state index is 10.5. The molecule has 0 bridgehead atoms. The van der Waals surface area contributed by atoms with Gasteiger partial charge in [-0.1, -0.05) is 0 Å². The minimum atomic E-state index is 0.0982. The van der Waals surface area contributed by atoms with Crippen molar-refractivity contribution in [3.8, 4) is 12.1 Å². The van der Waals surface area contributed by atoms with Gasteiger partial charge in [-0.25, -0.2) is 0 Å². The second-order valence-electron chi connectivity index (χ2n) is 2.49. The lowest BCUT2D eigenvalue weighted by Gasteiger charge is -1.98. The predicted octanol–water partition coefficient (Wildman–Crippen LogP) is 1.05. The number of nitrogens with zero attached hydrogens (tertiary/aromatic N) is 2. The molecule has 0 fully saturated rings. The summed E-state index contributed by atoms with van der Waals surface area (Å²) in [6.07, 6.45) is 0.960. The molecule has 0 aliphatic carbocycles. The number of nitriles is 2. The van der Waals surface area contributed by atoms with Gasteiger partial charge in [-0.15, -0.1) is 0 Å². The van der Waals surface area contributed by atoms with Gasteiger partial charge >= 0.3 is 0 Å². The van der Waals surface area contributed by atoms with E-state index in [0.717, 1.165) is 0 Å². The largest absolute Gasteiger partial charge is 0.298 e. The van der Waals surface area contributed by atoms with Crippen molar-refractivity contribution in [2.75, 3.05) is 0 Å². The van der Waals surface area contributed by atoms with Gasteiger partial charge in [0.05, 0.1) is 23.3 Å². The Morgan fingerprint density at radius 2 is 1.29 bits per heavy atom. The molecular formula is C10H4N2O2. The molecule has 14 heavy (non-hydrogen) atoms. The van der Waals surface area contributed by atoms with Crippen LogP contribution in [0.2, 0.25) is 0 Å². The van der Waals surface area contributed by atoms with E-state index in [1.54, 1.807) is 12.1 Å². The average molecular weight is 184 g/mol. The number of aldehydes is 2. The number of hydrogen-bond donors (Lipinski definition) is 0. The van der Waals surface area contributed by atoms with Crippen LogP contribution in [0.5, 0.6) is 0 Å². The summed E-state index contributed by atoms with van der Waals surface area (Å²) in [6.45, 7) is 0. The fourth-order valence-corrected chi connectivity index (χ4v) is 1.02. The molecule has 0 amide bonds. The fraction of sp³-hybridized carbons (Fsp3) is 0. The maximum Gasteiger partial charge on any atom is 0.151 e. The molecule has 0 N–H and O–H groups in total. The quantitative estimate of drug-likeness (QED) is 0.643. The standard InChI is InChI=1S/C10H4N2O2/c11-3-7-1-9(5-13)8(4-12)2-10(7)6-14/h1-2,5-6H. The van der Waals surface area contributed by atoms with Crippen molar-refractivity contribution in [1.82, 2.24) is 0 Å². The van der Waals surface area contributed by atoms with Crippen LogP contribution in [-0.4, -0.2) is 12.6 Å². The molecule has 0 aromatic heterocycles. The molecule has 0 unspecified atom stereocenters. The highest BCUT2D eigenvalue weighted by molar-refractivity contribution is 5.86. The van der Waals surface area contributed by atoms with Crippen LogP contribution >= 0.6 is 0 Å². The Bertz CT molecular complexity index is 432.